The maximum Gasteiger partial charge on any atom is 0.293 e. The molecule has 0 bridgehead atoms. The Hall–Kier alpha value is -4.66. The van der Waals surface area contributed by atoms with Gasteiger partial charge in [-0.05, 0) is 36.4 Å². The lowest BCUT2D eigenvalue weighted by molar-refractivity contribution is -0.384. The third kappa shape index (κ3) is 6.00. The van der Waals surface area contributed by atoms with Gasteiger partial charge in [-0.2, -0.15) is 0 Å². The van der Waals surface area contributed by atoms with Crippen LogP contribution in [0.5, 0.6) is 0 Å². The molecule has 0 radical (unpaired) electrons. The number of amides is 2. The first kappa shape index (κ1) is 28.9. The monoisotopic (exact) mass is 596 g/mol. The smallest absolute Gasteiger partial charge is 0.293 e. The number of aromatic nitrogens is 1. The normalized spacial score (nSPS) is 15.3. The highest BCUT2D eigenvalue weighted by Gasteiger charge is 2.32. The third-order valence-corrected chi connectivity index (χ3v) is 7.11. The van der Waals surface area contributed by atoms with Crippen molar-refractivity contribution in [2.24, 2.45) is 0 Å². The molecule has 2 aliphatic rings. The molecule has 1 aromatic heterocycles. The van der Waals surface area contributed by atoms with Crippen LogP contribution in [0.1, 0.15) is 20.7 Å². The number of nitro groups is 2. The van der Waals surface area contributed by atoms with Crippen LogP contribution < -0.4 is 14.7 Å². The van der Waals surface area contributed by atoms with E-state index in [0.29, 0.717) is 64.0 Å². The zero-order valence-electron chi connectivity index (χ0n) is 22.2. The standard InChI is InChI=1S/C27H25ClN6O8/c28-20-3-6-25(29-17-20)32(26(35)18-1-4-21(23(15-18)33(37)38)30-7-11-41-12-8-30)27(36)19-2-5-22(24(16-19)34(39)40)31-9-13-42-14-10-31/h1-6,15-17H,7-14H2. The molecular weight excluding hydrogens is 572 g/mol. The summed E-state index contributed by atoms with van der Waals surface area (Å²) in [5, 5.41) is 24.2. The SMILES string of the molecule is O=C(c1ccc(N2CCOCC2)c([N+](=O)[O-])c1)N(C(=O)c1ccc(N2CCOCC2)c([N+](=O)[O-])c1)c1ccc(Cl)cn1. The summed E-state index contributed by atoms with van der Waals surface area (Å²) in [6, 6.07) is 10.7. The predicted octanol–water partition coefficient (Wildman–Crippen LogP) is 3.71. The van der Waals surface area contributed by atoms with Crippen LogP contribution in [-0.4, -0.2) is 79.3 Å². The Labute approximate surface area is 244 Å². The zero-order valence-corrected chi connectivity index (χ0v) is 22.9. The van der Waals surface area contributed by atoms with E-state index >= 15 is 0 Å². The second-order valence-corrected chi connectivity index (χ2v) is 9.84. The summed E-state index contributed by atoms with van der Waals surface area (Å²) in [5.74, 6) is -1.94. The molecule has 2 saturated heterocycles. The molecule has 0 unspecified atom stereocenters. The van der Waals surface area contributed by atoms with Crippen LogP contribution in [0.25, 0.3) is 0 Å². The minimum Gasteiger partial charge on any atom is -0.378 e. The first-order valence-electron chi connectivity index (χ1n) is 13.0. The lowest BCUT2D eigenvalue weighted by Gasteiger charge is -2.29. The van der Waals surface area contributed by atoms with E-state index in [1.165, 1.54) is 42.6 Å². The Morgan fingerprint density at radius 2 is 1.21 bits per heavy atom. The quantitative estimate of drug-likeness (QED) is 0.222. The van der Waals surface area contributed by atoms with Gasteiger partial charge in [0.05, 0.1) is 41.3 Å². The largest absolute Gasteiger partial charge is 0.378 e. The highest BCUT2D eigenvalue weighted by atomic mass is 35.5. The topological polar surface area (TPSA) is 161 Å². The number of morpholine rings is 2. The number of carbonyl (C=O) groups excluding carboxylic acids is 2. The van der Waals surface area contributed by atoms with Crippen LogP contribution in [0.2, 0.25) is 5.02 Å². The molecule has 2 amide bonds. The van der Waals surface area contributed by atoms with E-state index in [0.717, 1.165) is 17.0 Å². The summed E-state index contributed by atoms with van der Waals surface area (Å²) in [6.07, 6.45) is 1.23. The molecule has 0 N–H and O–H groups in total. The van der Waals surface area contributed by atoms with Gasteiger partial charge in [0.25, 0.3) is 23.2 Å². The number of pyridine rings is 1. The first-order valence-corrected chi connectivity index (χ1v) is 13.3. The van der Waals surface area contributed by atoms with E-state index in [-0.39, 0.29) is 33.3 Å². The Morgan fingerprint density at radius 3 is 1.60 bits per heavy atom. The number of hydrogen-bond donors (Lipinski definition) is 0. The number of hydrogen-bond acceptors (Lipinski definition) is 11. The molecular formula is C27H25ClN6O8. The molecule has 0 saturated carbocycles. The van der Waals surface area contributed by atoms with Crippen molar-refractivity contribution in [3.05, 3.63) is 91.1 Å². The number of carbonyl (C=O) groups is 2. The summed E-state index contributed by atoms with van der Waals surface area (Å²) in [6.45, 7) is 3.36. The van der Waals surface area contributed by atoms with Crippen LogP contribution in [-0.2, 0) is 9.47 Å². The maximum absolute atomic E-state index is 13.9. The van der Waals surface area contributed by atoms with Gasteiger partial charge in [0.15, 0.2) is 0 Å². The van der Waals surface area contributed by atoms with Crippen molar-refractivity contribution in [3.8, 4) is 0 Å². The number of halogens is 1. The molecule has 5 rings (SSSR count). The van der Waals surface area contributed by atoms with Crippen molar-refractivity contribution in [2.45, 2.75) is 0 Å². The number of nitrogens with zero attached hydrogens (tertiary/aromatic N) is 6. The molecule has 15 heteroatoms. The zero-order chi connectivity index (χ0) is 29.8. The minimum atomic E-state index is -0.911. The molecule has 2 aliphatic heterocycles. The molecule has 0 spiro atoms. The maximum atomic E-state index is 13.9. The van der Waals surface area contributed by atoms with E-state index < -0.39 is 21.7 Å². The Bertz CT molecular complexity index is 1430. The average Bonchev–Trinajstić information content (AvgIpc) is 3.02. The molecule has 218 valence electrons. The fourth-order valence-corrected chi connectivity index (χ4v) is 4.92. The van der Waals surface area contributed by atoms with E-state index in [2.05, 4.69) is 4.98 Å². The van der Waals surface area contributed by atoms with Crippen LogP contribution >= 0.6 is 11.6 Å². The Morgan fingerprint density at radius 1 is 0.762 bits per heavy atom. The van der Waals surface area contributed by atoms with Crippen molar-refractivity contribution in [1.29, 1.82) is 0 Å². The fourth-order valence-electron chi connectivity index (χ4n) is 4.81. The van der Waals surface area contributed by atoms with Crippen LogP contribution in [0.4, 0.5) is 28.6 Å². The van der Waals surface area contributed by atoms with Gasteiger partial charge in [-0.25, -0.2) is 9.88 Å². The lowest BCUT2D eigenvalue weighted by atomic mass is 10.1. The Kier molecular flexibility index (Phi) is 8.56. The number of benzene rings is 2. The van der Waals surface area contributed by atoms with Gasteiger partial charge in [0.1, 0.15) is 17.2 Å². The van der Waals surface area contributed by atoms with Gasteiger partial charge < -0.3 is 19.3 Å². The number of imide groups is 1. The molecule has 3 aromatic rings. The molecule has 2 fully saturated rings. The van der Waals surface area contributed by atoms with Crippen molar-refractivity contribution < 1.29 is 28.9 Å². The summed E-state index contributed by atoms with van der Waals surface area (Å²) in [7, 11) is 0. The van der Waals surface area contributed by atoms with E-state index in [9.17, 15) is 29.8 Å². The van der Waals surface area contributed by atoms with E-state index in [1.807, 2.05) is 0 Å². The second kappa shape index (κ2) is 12.5. The van der Waals surface area contributed by atoms with Crippen LogP contribution in [0, 0.1) is 20.2 Å². The number of anilines is 3. The van der Waals surface area contributed by atoms with Gasteiger partial charge in [-0.3, -0.25) is 29.8 Å². The highest BCUT2D eigenvalue weighted by Crippen LogP contribution is 2.33. The van der Waals surface area contributed by atoms with Crippen molar-refractivity contribution in [3.63, 3.8) is 0 Å². The van der Waals surface area contributed by atoms with Crippen LogP contribution in [0.15, 0.2) is 54.7 Å². The fraction of sp³-hybridized carbons (Fsp3) is 0.296. The first-order chi connectivity index (χ1) is 20.2. The predicted molar refractivity (Wildman–Crippen MR) is 153 cm³/mol. The summed E-state index contributed by atoms with van der Waals surface area (Å²) >= 11 is 5.98. The summed E-state index contributed by atoms with van der Waals surface area (Å²) < 4.78 is 10.7. The summed E-state index contributed by atoms with van der Waals surface area (Å²) in [5.41, 5.74) is -0.297. The van der Waals surface area contributed by atoms with Gasteiger partial charge in [0.2, 0.25) is 0 Å². The van der Waals surface area contributed by atoms with Gasteiger partial charge >= 0.3 is 0 Å². The van der Waals surface area contributed by atoms with Gasteiger partial charge in [-0.15, -0.1) is 0 Å². The molecule has 0 aliphatic carbocycles. The van der Waals surface area contributed by atoms with Crippen molar-refractivity contribution in [1.82, 2.24) is 4.98 Å². The lowest BCUT2D eigenvalue weighted by Crippen LogP contribution is -2.38. The third-order valence-electron chi connectivity index (χ3n) is 6.89. The Balaban J connectivity index is 1.54. The molecule has 14 nitrogen and oxygen atoms in total. The number of ether oxygens (including phenoxy) is 2. The van der Waals surface area contributed by atoms with E-state index in [4.69, 9.17) is 21.1 Å². The van der Waals surface area contributed by atoms with Crippen LogP contribution in [0.3, 0.4) is 0 Å². The van der Waals surface area contributed by atoms with Crippen molar-refractivity contribution >= 4 is 52.0 Å². The highest BCUT2D eigenvalue weighted by molar-refractivity contribution is 6.30. The van der Waals surface area contributed by atoms with Crippen molar-refractivity contribution in [2.75, 3.05) is 67.3 Å². The van der Waals surface area contributed by atoms with E-state index in [1.54, 1.807) is 9.80 Å². The average molecular weight is 597 g/mol. The molecule has 0 atom stereocenters. The summed E-state index contributed by atoms with van der Waals surface area (Å²) in [4.78, 5) is 58.9. The number of rotatable bonds is 7. The minimum absolute atomic E-state index is 0.116. The molecule has 3 heterocycles. The van der Waals surface area contributed by atoms with Gasteiger partial charge in [0, 0.05) is 55.6 Å². The molecule has 2 aromatic carbocycles. The van der Waals surface area contributed by atoms with Gasteiger partial charge in [-0.1, -0.05) is 11.6 Å². The molecule has 42 heavy (non-hydrogen) atoms. The second-order valence-electron chi connectivity index (χ2n) is 9.40. The number of nitro benzene ring substituents is 2.